The van der Waals surface area contributed by atoms with Crippen LogP contribution in [0.4, 0.5) is 0 Å². The average molecular weight is 361 g/mol. The molecule has 140 valence electrons. The van der Waals surface area contributed by atoms with Gasteiger partial charge in [-0.1, -0.05) is 55.0 Å². The number of hydrogen-bond donors (Lipinski definition) is 2. The Morgan fingerprint density at radius 2 is 1.89 bits per heavy atom. The topological polar surface area (TPSA) is 37.0 Å². The summed E-state index contributed by atoms with van der Waals surface area (Å²) in [6, 6.07) is 17.4. The van der Waals surface area contributed by atoms with Gasteiger partial charge in [0, 0.05) is 41.2 Å². The van der Waals surface area contributed by atoms with Crippen LogP contribution in [0.3, 0.4) is 0 Å². The molecule has 3 heteroatoms. The zero-order chi connectivity index (χ0) is 18.5. The van der Waals surface area contributed by atoms with Crippen LogP contribution in [0.15, 0.2) is 66.9 Å². The van der Waals surface area contributed by atoms with Crippen molar-refractivity contribution in [2.24, 2.45) is 0 Å². The first-order chi connectivity index (χ1) is 13.4. The minimum atomic E-state index is 0.378. The van der Waals surface area contributed by atoms with E-state index in [2.05, 4.69) is 71.1 Å². The molecule has 0 spiro atoms. The summed E-state index contributed by atoms with van der Waals surface area (Å²) in [4.78, 5) is 3.38. The van der Waals surface area contributed by atoms with Crippen LogP contribution < -0.4 is 10.1 Å². The third-order valence-corrected chi connectivity index (χ3v) is 5.66. The zero-order valence-corrected chi connectivity index (χ0v) is 15.9. The van der Waals surface area contributed by atoms with Crippen LogP contribution in [0.5, 0.6) is 5.75 Å². The molecule has 2 atom stereocenters. The highest BCUT2D eigenvalue weighted by molar-refractivity contribution is 5.82. The molecular formula is C24H28N2O. The van der Waals surface area contributed by atoms with E-state index in [-0.39, 0.29) is 0 Å². The Kier molecular flexibility index (Phi) is 5.59. The van der Waals surface area contributed by atoms with E-state index in [0.29, 0.717) is 12.0 Å². The summed E-state index contributed by atoms with van der Waals surface area (Å²) in [5.74, 6) is 1.36. The number of nitrogens with one attached hydrogen (secondary N) is 2. The molecule has 0 amide bonds. The number of methoxy groups -OCH3 is 1. The summed E-state index contributed by atoms with van der Waals surface area (Å²) in [5.41, 5.74) is 3.95. The van der Waals surface area contributed by atoms with Crippen molar-refractivity contribution in [1.29, 1.82) is 0 Å². The van der Waals surface area contributed by atoms with Crippen LogP contribution >= 0.6 is 0 Å². The van der Waals surface area contributed by atoms with Gasteiger partial charge in [0.25, 0.3) is 0 Å². The maximum atomic E-state index is 5.60. The van der Waals surface area contributed by atoms with Gasteiger partial charge in [0.1, 0.15) is 5.75 Å². The van der Waals surface area contributed by atoms with E-state index in [9.17, 15) is 0 Å². The number of fused-ring (bicyclic) bond motifs is 1. The number of ether oxygens (including phenoxy) is 1. The quantitative estimate of drug-likeness (QED) is 0.449. The lowest BCUT2D eigenvalue weighted by Gasteiger charge is -2.30. The first kappa shape index (κ1) is 17.9. The van der Waals surface area contributed by atoms with Gasteiger partial charge in [0.05, 0.1) is 7.11 Å². The Morgan fingerprint density at radius 3 is 2.81 bits per heavy atom. The number of aryl methyl sites for hydroxylation is 1. The van der Waals surface area contributed by atoms with Crippen LogP contribution in [-0.2, 0) is 6.42 Å². The number of benzene rings is 2. The fourth-order valence-corrected chi connectivity index (χ4v) is 4.26. The summed E-state index contributed by atoms with van der Waals surface area (Å²) in [5, 5.41) is 5.06. The largest absolute Gasteiger partial charge is 0.496 e. The van der Waals surface area contributed by atoms with Crippen LogP contribution in [0.2, 0.25) is 0 Å². The SMILES string of the molecule is COc1ccccc1C1C=CCNC1CCCCc1c[nH]c2ccccc12. The Hall–Kier alpha value is -2.52. The van der Waals surface area contributed by atoms with Crippen molar-refractivity contribution in [1.82, 2.24) is 10.3 Å². The number of rotatable bonds is 7. The second kappa shape index (κ2) is 8.45. The minimum Gasteiger partial charge on any atom is -0.496 e. The van der Waals surface area contributed by atoms with Crippen molar-refractivity contribution in [2.45, 2.75) is 37.6 Å². The van der Waals surface area contributed by atoms with Crippen molar-refractivity contribution in [3.63, 3.8) is 0 Å². The molecule has 1 aliphatic rings. The normalized spacial score (nSPS) is 19.4. The van der Waals surface area contributed by atoms with Gasteiger partial charge in [0.15, 0.2) is 0 Å². The van der Waals surface area contributed by atoms with Gasteiger partial charge in [-0.25, -0.2) is 0 Å². The predicted molar refractivity (Wildman–Crippen MR) is 113 cm³/mol. The second-order valence-corrected chi connectivity index (χ2v) is 7.32. The van der Waals surface area contributed by atoms with E-state index in [1.165, 1.54) is 41.3 Å². The van der Waals surface area contributed by atoms with Crippen molar-refractivity contribution in [3.8, 4) is 5.75 Å². The van der Waals surface area contributed by atoms with Crippen molar-refractivity contribution in [3.05, 3.63) is 78.0 Å². The second-order valence-electron chi connectivity index (χ2n) is 7.32. The Labute approximate surface area is 161 Å². The maximum absolute atomic E-state index is 5.60. The van der Waals surface area contributed by atoms with Crippen molar-refractivity contribution < 1.29 is 4.74 Å². The van der Waals surface area contributed by atoms with E-state index < -0.39 is 0 Å². The Balaban J connectivity index is 1.37. The fraction of sp³-hybridized carbons (Fsp3) is 0.333. The van der Waals surface area contributed by atoms with Crippen LogP contribution in [0.25, 0.3) is 10.9 Å². The molecule has 0 radical (unpaired) electrons. The molecule has 1 aromatic heterocycles. The summed E-state index contributed by atoms with van der Waals surface area (Å²) >= 11 is 0. The molecule has 0 saturated heterocycles. The summed E-state index contributed by atoms with van der Waals surface area (Å²) in [7, 11) is 1.76. The highest BCUT2D eigenvalue weighted by atomic mass is 16.5. The van der Waals surface area contributed by atoms with Gasteiger partial charge in [-0.05, 0) is 37.0 Å². The van der Waals surface area contributed by atoms with Crippen LogP contribution in [-0.4, -0.2) is 24.7 Å². The molecule has 2 unspecified atom stereocenters. The Morgan fingerprint density at radius 1 is 1.04 bits per heavy atom. The monoisotopic (exact) mass is 360 g/mol. The molecule has 3 nitrogen and oxygen atoms in total. The summed E-state index contributed by atoms with van der Waals surface area (Å²) < 4.78 is 5.60. The third kappa shape index (κ3) is 3.93. The molecule has 0 bridgehead atoms. The van der Waals surface area contributed by atoms with Gasteiger partial charge in [-0.2, -0.15) is 0 Å². The van der Waals surface area contributed by atoms with Gasteiger partial charge >= 0.3 is 0 Å². The number of unbranched alkanes of at least 4 members (excludes halogenated alkanes) is 1. The lowest BCUT2D eigenvalue weighted by molar-refractivity contribution is 0.389. The molecule has 0 aliphatic carbocycles. The number of hydrogen-bond acceptors (Lipinski definition) is 2. The van der Waals surface area contributed by atoms with E-state index in [0.717, 1.165) is 18.7 Å². The number of H-pyrrole nitrogens is 1. The molecule has 0 saturated carbocycles. The first-order valence-electron chi connectivity index (χ1n) is 9.95. The standard InChI is InChI=1S/C24H28N2O/c1-27-24-15-7-4-11-21(24)20-12-8-16-25-23(20)14-5-2-9-18-17-26-22-13-6-3-10-19(18)22/h3-4,6-8,10-13,15,17,20,23,25-26H,2,5,9,14,16H2,1H3. The van der Waals surface area contributed by atoms with Crippen molar-refractivity contribution >= 4 is 10.9 Å². The lowest BCUT2D eigenvalue weighted by Crippen LogP contribution is -2.37. The van der Waals surface area contributed by atoms with Crippen LogP contribution in [0, 0.1) is 0 Å². The zero-order valence-electron chi connectivity index (χ0n) is 15.9. The average Bonchev–Trinajstić information content (AvgIpc) is 3.15. The molecule has 2 N–H and O–H groups in total. The third-order valence-electron chi connectivity index (χ3n) is 5.66. The molecule has 1 aliphatic heterocycles. The van der Waals surface area contributed by atoms with Gasteiger partial charge in [-0.3, -0.25) is 0 Å². The molecule has 3 aromatic rings. The van der Waals surface area contributed by atoms with Gasteiger partial charge in [-0.15, -0.1) is 0 Å². The smallest absolute Gasteiger partial charge is 0.122 e. The number of aromatic amines is 1. The molecule has 4 rings (SSSR count). The summed E-state index contributed by atoms with van der Waals surface area (Å²) in [6.07, 6.45) is 11.5. The molecule has 2 heterocycles. The van der Waals surface area contributed by atoms with Crippen molar-refractivity contribution in [2.75, 3.05) is 13.7 Å². The molecule has 27 heavy (non-hydrogen) atoms. The van der Waals surface area contributed by atoms with E-state index in [1.807, 2.05) is 6.07 Å². The number of para-hydroxylation sites is 2. The van der Waals surface area contributed by atoms with Gasteiger partial charge < -0.3 is 15.0 Å². The molecule has 2 aromatic carbocycles. The fourth-order valence-electron chi connectivity index (χ4n) is 4.26. The van der Waals surface area contributed by atoms with E-state index in [4.69, 9.17) is 4.74 Å². The predicted octanol–water partition coefficient (Wildman–Crippen LogP) is 5.20. The van der Waals surface area contributed by atoms with Crippen LogP contribution in [0.1, 0.15) is 36.3 Å². The first-order valence-corrected chi connectivity index (χ1v) is 9.95. The molecular weight excluding hydrogens is 332 g/mol. The highest BCUT2D eigenvalue weighted by Crippen LogP contribution is 2.33. The number of aromatic nitrogens is 1. The Bertz CT molecular complexity index is 911. The maximum Gasteiger partial charge on any atom is 0.122 e. The summed E-state index contributed by atoms with van der Waals surface area (Å²) in [6.45, 7) is 0.957. The van der Waals surface area contributed by atoms with E-state index in [1.54, 1.807) is 7.11 Å². The minimum absolute atomic E-state index is 0.378. The molecule has 0 fully saturated rings. The van der Waals surface area contributed by atoms with E-state index >= 15 is 0 Å². The lowest BCUT2D eigenvalue weighted by atomic mass is 9.85. The van der Waals surface area contributed by atoms with Gasteiger partial charge in [0.2, 0.25) is 0 Å². The highest BCUT2D eigenvalue weighted by Gasteiger charge is 2.24.